The quantitative estimate of drug-likeness (QED) is 0.195. The Hall–Kier alpha value is -3.38. The van der Waals surface area contributed by atoms with Crippen LogP contribution in [0.25, 0.3) is 43.1 Å². The van der Waals surface area contributed by atoms with Gasteiger partial charge in [-0.05, 0) is 50.0 Å². The summed E-state index contributed by atoms with van der Waals surface area (Å²) in [6.07, 6.45) is 0. The van der Waals surface area contributed by atoms with Gasteiger partial charge in [0.25, 0.3) is 0 Å². The molecule has 0 unspecified atom stereocenters. The molecule has 0 aliphatic rings. The Morgan fingerprint density at radius 3 is 1.26 bits per heavy atom. The van der Waals surface area contributed by atoms with Crippen LogP contribution in [-0.4, -0.2) is 0 Å². The van der Waals surface area contributed by atoms with Gasteiger partial charge in [0, 0.05) is 0 Å². The second kappa shape index (κ2) is 6.41. The van der Waals surface area contributed by atoms with E-state index in [9.17, 15) is 0 Å². The van der Waals surface area contributed by atoms with E-state index < -0.39 is 0 Å². The molecule has 0 aliphatic carbocycles. The van der Waals surface area contributed by atoms with E-state index in [-0.39, 0.29) is 0 Å². The molecule has 0 N–H and O–H groups in total. The lowest BCUT2D eigenvalue weighted by Crippen LogP contribution is -1.86. The Kier molecular flexibility index (Phi) is 3.76. The van der Waals surface area contributed by atoms with Crippen molar-refractivity contribution in [1.29, 1.82) is 0 Å². The van der Waals surface area contributed by atoms with Crippen molar-refractivity contribution in [2.75, 3.05) is 0 Å². The maximum atomic E-state index is 2.25. The van der Waals surface area contributed by atoms with Gasteiger partial charge in [-0.3, -0.25) is 0 Å². The molecule has 0 radical (unpaired) electrons. The van der Waals surface area contributed by atoms with Gasteiger partial charge in [-0.15, -0.1) is 0 Å². The Balaban J connectivity index is 0.000000195. The first-order chi connectivity index (χ1) is 13.3. The van der Waals surface area contributed by atoms with E-state index in [1.54, 1.807) is 0 Å². The first-order valence-electron chi connectivity index (χ1n) is 9.39. The molecule has 0 amide bonds. The van der Waals surface area contributed by atoms with Gasteiger partial charge in [-0.1, -0.05) is 109 Å². The second-order valence-corrected chi connectivity index (χ2v) is 7.07. The van der Waals surface area contributed by atoms with Crippen molar-refractivity contribution >= 4 is 43.1 Å². The Morgan fingerprint density at radius 1 is 0.370 bits per heavy atom. The van der Waals surface area contributed by atoms with Gasteiger partial charge >= 0.3 is 0 Å². The van der Waals surface area contributed by atoms with Crippen molar-refractivity contribution in [3.05, 3.63) is 109 Å². The van der Waals surface area contributed by atoms with Crippen LogP contribution in [0.4, 0.5) is 0 Å². The molecule has 6 rings (SSSR count). The van der Waals surface area contributed by atoms with Crippen LogP contribution in [-0.2, 0) is 0 Å². The highest BCUT2D eigenvalue weighted by Crippen LogP contribution is 2.40. The van der Waals surface area contributed by atoms with E-state index >= 15 is 0 Å². The largest absolute Gasteiger partial charge is 0.0622 e. The summed E-state index contributed by atoms with van der Waals surface area (Å²) in [5.74, 6) is 0. The van der Waals surface area contributed by atoms with Gasteiger partial charge in [0.05, 0.1) is 0 Å². The standard InChI is InChI=1S/C20H12.C7H8/c1-2-8-16-15(7-1)17-9-3-5-13-11-12-14-6-4-10-18(16)20(14)19(13)17;1-7-5-3-2-4-6-7/h1-12H;2-6H,1H3. The van der Waals surface area contributed by atoms with Gasteiger partial charge in [-0.2, -0.15) is 0 Å². The van der Waals surface area contributed by atoms with Gasteiger partial charge < -0.3 is 0 Å². The van der Waals surface area contributed by atoms with Gasteiger partial charge in [-0.25, -0.2) is 0 Å². The number of hydrogen-bond acceptors (Lipinski definition) is 0. The molecule has 6 aromatic rings. The molecule has 0 saturated carbocycles. The van der Waals surface area contributed by atoms with Crippen LogP contribution < -0.4 is 0 Å². The van der Waals surface area contributed by atoms with Crippen molar-refractivity contribution in [3.8, 4) is 0 Å². The van der Waals surface area contributed by atoms with Crippen molar-refractivity contribution in [3.63, 3.8) is 0 Å². The molecule has 6 aromatic carbocycles. The maximum absolute atomic E-state index is 2.25. The van der Waals surface area contributed by atoms with E-state index in [1.165, 1.54) is 48.7 Å². The summed E-state index contributed by atoms with van der Waals surface area (Å²) in [4.78, 5) is 0. The topological polar surface area (TPSA) is 0 Å². The Morgan fingerprint density at radius 2 is 0.815 bits per heavy atom. The predicted octanol–water partition coefficient (Wildman–Crippen LogP) is 7.73. The molecule has 0 heterocycles. The van der Waals surface area contributed by atoms with E-state index in [1.807, 2.05) is 18.2 Å². The molecule has 0 aliphatic heterocycles. The zero-order valence-corrected chi connectivity index (χ0v) is 15.3. The number of fused-ring (bicyclic) bond motifs is 3. The number of hydrogen-bond donors (Lipinski definition) is 0. The van der Waals surface area contributed by atoms with Crippen molar-refractivity contribution in [2.24, 2.45) is 0 Å². The highest BCUT2D eigenvalue weighted by molar-refractivity contribution is 6.33. The predicted molar refractivity (Wildman–Crippen MR) is 119 cm³/mol. The molecule has 0 saturated heterocycles. The van der Waals surface area contributed by atoms with Crippen molar-refractivity contribution < 1.29 is 0 Å². The molecule has 0 fully saturated rings. The maximum Gasteiger partial charge on any atom is -0.00203 e. The van der Waals surface area contributed by atoms with E-state index in [0.29, 0.717) is 0 Å². The smallest absolute Gasteiger partial charge is 0.00203 e. The highest BCUT2D eigenvalue weighted by atomic mass is 14.1. The lowest BCUT2D eigenvalue weighted by atomic mass is 9.89. The first-order valence-corrected chi connectivity index (χ1v) is 9.39. The first kappa shape index (κ1) is 15.8. The highest BCUT2D eigenvalue weighted by Gasteiger charge is 2.11. The Labute approximate surface area is 159 Å². The third-order valence-corrected chi connectivity index (χ3v) is 5.33. The zero-order valence-electron chi connectivity index (χ0n) is 15.3. The minimum absolute atomic E-state index is 1.32. The fourth-order valence-corrected chi connectivity index (χ4v) is 4.09. The van der Waals surface area contributed by atoms with Crippen LogP contribution in [0.1, 0.15) is 5.56 Å². The summed E-state index contributed by atoms with van der Waals surface area (Å²) in [5.41, 5.74) is 1.32. The van der Waals surface area contributed by atoms with Crippen molar-refractivity contribution in [1.82, 2.24) is 0 Å². The van der Waals surface area contributed by atoms with E-state index in [2.05, 4.69) is 91.9 Å². The van der Waals surface area contributed by atoms with Crippen molar-refractivity contribution in [2.45, 2.75) is 6.92 Å². The molecular formula is C27H20. The third kappa shape index (κ3) is 2.62. The number of benzene rings is 6. The minimum Gasteiger partial charge on any atom is -0.0622 e. The molecule has 0 nitrogen and oxygen atoms in total. The number of aryl methyl sites for hydroxylation is 1. The van der Waals surface area contributed by atoms with E-state index in [4.69, 9.17) is 0 Å². The molecule has 27 heavy (non-hydrogen) atoms. The van der Waals surface area contributed by atoms with Gasteiger partial charge in [0.2, 0.25) is 0 Å². The number of rotatable bonds is 0. The molecule has 0 spiro atoms. The average Bonchev–Trinajstić information content (AvgIpc) is 2.74. The van der Waals surface area contributed by atoms with Crippen LogP contribution in [0, 0.1) is 6.92 Å². The summed E-state index contributed by atoms with van der Waals surface area (Å²) < 4.78 is 0. The van der Waals surface area contributed by atoms with Crippen LogP contribution in [0.5, 0.6) is 0 Å². The van der Waals surface area contributed by atoms with Crippen LogP contribution in [0.2, 0.25) is 0 Å². The molecule has 0 aromatic heterocycles. The summed E-state index contributed by atoms with van der Waals surface area (Å²) in [6.45, 7) is 2.08. The fourth-order valence-electron chi connectivity index (χ4n) is 4.09. The molecule has 128 valence electrons. The van der Waals surface area contributed by atoms with Gasteiger partial charge in [0.1, 0.15) is 0 Å². The third-order valence-electron chi connectivity index (χ3n) is 5.33. The molecule has 0 atom stereocenters. The summed E-state index contributed by atoms with van der Waals surface area (Å²) in [5, 5.41) is 10.9. The van der Waals surface area contributed by atoms with E-state index in [0.717, 1.165) is 0 Å². The van der Waals surface area contributed by atoms with Gasteiger partial charge in [0.15, 0.2) is 0 Å². The lowest BCUT2D eigenvalue weighted by molar-refractivity contribution is 1.48. The summed E-state index contributed by atoms with van der Waals surface area (Å²) >= 11 is 0. The molecular weight excluding hydrogens is 324 g/mol. The minimum atomic E-state index is 1.32. The lowest BCUT2D eigenvalue weighted by Gasteiger charge is -2.14. The summed E-state index contributed by atoms with van der Waals surface area (Å²) in [6, 6.07) is 36.7. The average molecular weight is 344 g/mol. The van der Waals surface area contributed by atoms with Crippen LogP contribution in [0.15, 0.2) is 103 Å². The van der Waals surface area contributed by atoms with Crippen LogP contribution in [0.3, 0.4) is 0 Å². The second-order valence-electron chi connectivity index (χ2n) is 7.07. The normalized spacial score (nSPS) is 11.1. The fraction of sp³-hybridized carbons (Fsp3) is 0.0370. The SMILES string of the molecule is Cc1ccccc1.c1ccc2c(c1)c1cccc3ccc4cccc2c4c31. The monoisotopic (exact) mass is 344 g/mol. The molecule has 0 heteroatoms. The molecule has 0 bridgehead atoms. The summed E-state index contributed by atoms with van der Waals surface area (Å²) in [7, 11) is 0. The van der Waals surface area contributed by atoms with Crippen LogP contribution >= 0.6 is 0 Å². The zero-order chi connectivity index (χ0) is 18.2. The Bertz CT molecular complexity index is 1270.